The summed E-state index contributed by atoms with van der Waals surface area (Å²) in [4.78, 5) is 4.72. The predicted molar refractivity (Wildman–Crippen MR) is 89.2 cm³/mol. The lowest BCUT2D eigenvalue weighted by Gasteiger charge is -2.13. The van der Waals surface area contributed by atoms with Crippen LogP contribution in [0.25, 0.3) is 11.0 Å². The molecular formula is C17H16Cl2N2. The molecule has 0 radical (unpaired) electrons. The van der Waals surface area contributed by atoms with E-state index in [-0.39, 0.29) is 5.38 Å². The van der Waals surface area contributed by atoms with Crippen molar-refractivity contribution >= 4 is 34.2 Å². The monoisotopic (exact) mass is 318 g/mol. The Hall–Kier alpha value is -1.51. The molecule has 0 spiro atoms. The Balaban J connectivity index is 2.15. The second kappa shape index (κ2) is 6.08. The molecule has 0 bridgehead atoms. The van der Waals surface area contributed by atoms with E-state index < -0.39 is 0 Å². The van der Waals surface area contributed by atoms with Crippen molar-refractivity contribution in [1.82, 2.24) is 9.55 Å². The van der Waals surface area contributed by atoms with Crippen LogP contribution < -0.4 is 0 Å². The van der Waals surface area contributed by atoms with Gasteiger partial charge < -0.3 is 4.57 Å². The molecule has 0 saturated heterocycles. The fourth-order valence-electron chi connectivity index (χ4n) is 2.54. The van der Waals surface area contributed by atoms with Crippen LogP contribution in [0.3, 0.4) is 0 Å². The average molecular weight is 319 g/mol. The molecule has 0 fully saturated rings. The highest BCUT2D eigenvalue weighted by Crippen LogP contribution is 2.31. The lowest BCUT2D eigenvalue weighted by atomic mass is 10.1. The van der Waals surface area contributed by atoms with Crippen molar-refractivity contribution in [2.24, 2.45) is 0 Å². The molecular weight excluding hydrogens is 303 g/mol. The van der Waals surface area contributed by atoms with Crippen LogP contribution in [0.1, 0.15) is 30.1 Å². The fraction of sp³-hybridized carbons (Fsp3) is 0.235. The second-order valence-corrected chi connectivity index (χ2v) is 5.90. The molecule has 108 valence electrons. The maximum Gasteiger partial charge on any atom is 0.132 e. The van der Waals surface area contributed by atoms with Gasteiger partial charge in [-0.15, -0.1) is 11.6 Å². The largest absolute Gasteiger partial charge is 0.326 e. The highest BCUT2D eigenvalue weighted by Gasteiger charge is 2.19. The van der Waals surface area contributed by atoms with Crippen LogP contribution in [0.15, 0.2) is 48.5 Å². The van der Waals surface area contributed by atoms with E-state index in [2.05, 4.69) is 11.5 Å². The van der Waals surface area contributed by atoms with E-state index in [0.717, 1.165) is 40.4 Å². The number of fused-ring (bicyclic) bond motifs is 1. The topological polar surface area (TPSA) is 17.8 Å². The Kier molecular flexibility index (Phi) is 4.18. The first-order chi connectivity index (χ1) is 10.2. The number of aromatic nitrogens is 2. The third-order valence-electron chi connectivity index (χ3n) is 3.51. The molecule has 0 aliphatic heterocycles. The maximum atomic E-state index is 6.67. The molecule has 0 amide bonds. The predicted octanol–water partition coefficient (Wildman–Crippen LogP) is 5.43. The molecule has 2 nitrogen and oxygen atoms in total. The minimum Gasteiger partial charge on any atom is -0.326 e. The quantitative estimate of drug-likeness (QED) is 0.586. The van der Waals surface area contributed by atoms with E-state index in [4.69, 9.17) is 28.2 Å². The fourth-order valence-corrected chi connectivity index (χ4v) is 3.02. The summed E-state index contributed by atoms with van der Waals surface area (Å²) in [5, 5.41) is 0.459. The molecule has 1 aromatic heterocycles. The molecule has 0 aliphatic rings. The molecule has 0 N–H and O–H groups in total. The van der Waals surface area contributed by atoms with Crippen LogP contribution in [-0.4, -0.2) is 9.55 Å². The molecule has 0 aliphatic carbocycles. The molecule has 0 saturated carbocycles. The number of alkyl halides is 1. The SMILES string of the molecule is CCCn1c(C(Cl)c2ccccc2)nc2ccc(Cl)cc21. The molecule has 1 atom stereocenters. The van der Waals surface area contributed by atoms with Crippen molar-refractivity contribution in [2.45, 2.75) is 25.3 Å². The van der Waals surface area contributed by atoms with Gasteiger partial charge in [0.1, 0.15) is 11.2 Å². The van der Waals surface area contributed by atoms with Crippen molar-refractivity contribution in [1.29, 1.82) is 0 Å². The first kappa shape index (κ1) is 14.4. The first-order valence-electron chi connectivity index (χ1n) is 7.05. The summed E-state index contributed by atoms with van der Waals surface area (Å²) in [6, 6.07) is 15.8. The third-order valence-corrected chi connectivity index (χ3v) is 4.19. The molecule has 21 heavy (non-hydrogen) atoms. The Labute approximate surface area is 134 Å². The zero-order valence-corrected chi connectivity index (χ0v) is 13.3. The number of rotatable bonds is 4. The van der Waals surface area contributed by atoms with Crippen LogP contribution in [0.2, 0.25) is 5.02 Å². The highest BCUT2D eigenvalue weighted by atomic mass is 35.5. The van der Waals surface area contributed by atoms with Crippen molar-refractivity contribution in [3.8, 4) is 0 Å². The van der Waals surface area contributed by atoms with E-state index in [0.29, 0.717) is 0 Å². The zero-order chi connectivity index (χ0) is 14.8. The number of benzene rings is 2. The Morgan fingerprint density at radius 3 is 2.62 bits per heavy atom. The average Bonchev–Trinajstić information content (AvgIpc) is 2.86. The van der Waals surface area contributed by atoms with Gasteiger partial charge in [-0.2, -0.15) is 0 Å². The number of hydrogen-bond donors (Lipinski definition) is 0. The summed E-state index contributed by atoms with van der Waals surface area (Å²) >= 11 is 12.8. The van der Waals surface area contributed by atoms with Gasteiger partial charge in [-0.05, 0) is 30.2 Å². The maximum absolute atomic E-state index is 6.67. The van der Waals surface area contributed by atoms with Crippen LogP contribution >= 0.6 is 23.2 Å². The van der Waals surface area contributed by atoms with E-state index in [9.17, 15) is 0 Å². The Morgan fingerprint density at radius 2 is 1.90 bits per heavy atom. The summed E-state index contributed by atoms with van der Waals surface area (Å²) in [6.07, 6.45) is 1.02. The van der Waals surface area contributed by atoms with Gasteiger partial charge in [-0.1, -0.05) is 48.9 Å². The summed E-state index contributed by atoms with van der Waals surface area (Å²) in [5.74, 6) is 0.877. The number of nitrogens with zero attached hydrogens (tertiary/aromatic N) is 2. The molecule has 3 aromatic rings. The Morgan fingerprint density at radius 1 is 1.14 bits per heavy atom. The van der Waals surface area contributed by atoms with Crippen molar-refractivity contribution in [3.63, 3.8) is 0 Å². The number of imidazole rings is 1. The Bertz CT molecular complexity index is 750. The number of halogens is 2. The van der Waals surface area contributed by atoms with E-state index in [1.165, 1.54) is 0 Å². The molecule has 2 aromatic carbocycles. The van der Waals surface area contributed by atoms with Gasteiger partial charge in [0.05, 0.1) is 11.0 Å². The van der Waals surface area contributed by atoms with Gasteiger partial charge in [0.25, 0.3) is 0 Å². The van der Waals surface area contributed by atoms with Crippen LogP contribution in [-0.2, 0) is 6.54 Å². The number of hydrogen-bond acceptors (Lipinski definition) is 1. The zero-order valence-electron chi connectivity index (χ0n) is 11.8. The van der Waals surface area contributed by atoms with Crippen LogP contribution in [0.5, 0.6) is 0 Å². The standard InChI is InChI=1S/C17H16Cl2N2/c1-2-10-21-15-11-13(18)8-9-14(15)20-17(21)16(19)12-6-4-3-5-7-12/h3-9,11,16H,2,10H2,1H3. The van der Waals surface area contributed by atoms with Gasteiger partial charge in [0, 0.05) is 11.6 Å². The lowest BCUT2D eigenvalue weighted by molar-refractivity contribution is 0.660. The lowest BCUT2D eigenvalue weighted by Crippen LogP contribution is -2.06. The van der Waals surface area contributed by atoms with Gasteiger partial charge in [0.15, 0.2) is 0 Å². The van der Waals surface area contributed by atoms with Crippen LogP contribution in [0.4, 0.5) is 0 Å². The van der Waals surface area contributed by atoms with Crippen LogP contribution in [0, 0.1) is 0 Å². The van der Waals surface area contributed by atoms with Gasteiger partial charge in [0.2, 0.25) is 0 Å². The number of aryl methyl sites for hydroxylation is 1. The molecule has 3 rings (SSSR count). The normalized spacial score (nSPS) is 12.7. The van der Waals surface area contributed by atoms with E-state index in [1.54, 1.807) is 0 Å². The van der Waals surface area contributed by atoms with Gasteiger partial charge in [-0.25, -0.2) is 4.98 Å². The first-order valence-corrected chi connectivity index (χ1v) is 7.87. The molecule has 1 heterocycles. The van der Waals surface area contributed by atoms with E-state index in [1.807, 2.05) is 48.5 Å². The van der Waals surface area contributed by atoms with Gasteiger partial charge in [-0.3, -0.25) is 0 Å². The summed E-state index contributed by atoms with van der Waals surface area (Å²) < 4.78 is 2.17. The minimum absolute atomic E-state index is 0.260. The molecule has 1 unspecified atom stereocenters. The van der Waals surface area contributed by atoms with E-state index >= 15 is 0 Å². The minimum atomic E-state index is -0.260. The third kappa shape index (κ3) is 2.78. The van der Waals surface area contributed by atoms with Crippen molar-refractivity contribution in [3.05, 3.63) is 64.9 Å². The van der Waals surface area contributed by atoms with Crippen molar-refractivity contribution in [2.75, 3.05) is 0 Å². The summed E-state index contributed by atoms with van der Waals surface area (Å²) in [5.41, 5.74) is 3.03. The summed E-state index contributed by atoms with van der Waals surface area (Å²) in [6.45, 7) is 3.02. The highest BCUT2D eigenvalue weighted by molar-refractivity contribution is 6.31. The summed E-state index contributed by atoms with van der Waals surface area (Å²) in [7, 11) is 0. The van der Waals surface area contributed by atoms with Crippen molar-refractivity contribution < 1.29 is 0 Å². The van der Waals surface area contributed by atoms with Gasteiger partial charge >= 0.3 is 0 Å². The second-order valence-electron chi connectivity index (χ2n) is 5.03. The molecule has 4 heteroatoms. The smallest absolute Gasteiger partial charge is 0.132 e.